The van der Waals surface area contributed by atoms with Crippen molar-refractivity contribution in [2.75, 3.05) is 33.2 Å². The molecule has 0 saturated carbocycles. The molecule has 0 aliphatic carbocycles. The van der Waals surface area contributed by atoms with Gasteiger partial charge in [-0.25, -0.2) is 0 Å². The largest absolute Gasteiger partial charge is 0.358 e. The number of nitrogens with zero attached hydrogens (tertiary/aromatic N) is 1. The van der Waals surface area contributed by atoms with Gasteiger partial charge >= 0.3 is 0 Å². The third kappa shape index (κ3) is 6.54. The molecule has 0 aliphatic heterocycles. The van der Waals surface area contributed by atoms with Gasteiger partial charge in [0.2, 0.25) is 5.91 Å². The van der Waals surface area contributed by atoms with Gasteiger partial charge in [-0.3, -0.25) is 9.69 Å². The van der Waals surface area contributed by atoms with Crippen molar-refractivity contribution < 1.29 is 4.79 Å². The third-order valence-corrected chi connectivity index (χ3v) is 1.92. The maximum absolute atomic E-state index is 11.1. The van der Waals surface area contributed by atoms with Crippen molar-refractivity contribution in [3.8, 4) is 0 Å². The minimum Gasteiger partial charge on any atom is -0.358 e. The third-order valence-electron chi connectivity index (χ3n) is 1.92. The summed E-state index contributed by atoms with van der Waals surface area (Å²) in [5.74, 6) is 0.0598. The summed E-state index contributed by atoms with van der Waals surface area (Å²) in [7, 11) is 1.66. The number of rotatable bonds is 7. The van der Waals surface area contributed by atoms with E-state index in [2.05, 4.69) is 17.1 Å². The summed E-state index contributed by atoms with van der Waals surface area (Å²) in [6, 6.07) is 0. The molecule has 0 aromatic rings. The van der Waals surface area contributed by atoms with Crippen molar-refractivity contribution in [3.63, 3.8) is 0 Å². The minimum atomic E-state index is 0.0598. The van der Waals surface area contributed by atoms with Gasteiger partial charge in [-0.1, -0.05) is 13.3 Å². The maximum Gasteiger partial charge on any atom is 0.233 e. The van der Waals surface area contributed by atoms with E-state index in [4.69, 9.17) is 5.73 Å². The predicted molar refractivity (Wildman–Crippen MR) is 54.5 cm³/mol. The SMILES string of the molecule is CCCCN(CCN)CC(=O)NC. The van der Waals surface area contributed by atoms with E-state index >= 15 is 0 Å². The van der Waals surface area contributed by atoms with Crippen LogP contribution in [0.3, 0.4) is 0 Å². The van der Waals surface area contributed by atoms with Crippen LogP contribution in [0.2, 0.25) is 0 Å². The van der Waals surface area contributed by atoms with E-state index in [9.17, 15) is 4.79 Å². The second-order valence-electron chi connectivity index (χ2n) is 3.09. The Morgan fingerprint density at radius 3 is 2.62 bits per heavy atom. The molecule has 1 amide bonds. The molecule has 0 fully saturated rings. The van der Waals surface area contributed by atoms with E-state index in [0.29, 0.717) is 13.1 Å². The zero-order valence-electron chi connectivity index (χ0n) is 8.68. The first kappa shape index (κ1) is 12.4. The average Bonchev–Trinajstić information content (AvgIpc) is 2.14. The molecular weight excluding hydrogens is 166 g/mol. The smallest absolute Gasteiger partial charge is 0.233 e. The van der Waals surface area contributed by atoms with Gasteiger partial charge in [0, 0.05) is 20.1 Å². The fourth-order valence-corrected chi connectivity index (χ4v) is 1.12. The van der Waals surface area contributed by atoms with E-state index in [1.165, 1.54) is 0 Å². The highest BCUT2D eigenvalue weighted by Gasteiger charge is 2.07. The number of hydrogen-bond acceptors (Lipinski definition) is 3. The number of nitrogens with one attached hydrogen (secondary N) is 1. The first-order chi connectivity index (χ1) is 6.24. The quantitative estimate of drug-likeness (QED) is 0.580. The standard InChI is InChI=1S/C9H21N3O/c1-3-4-6-12(7-5-10)8-9(13)11-2/h3-8,10H2,1-2H3,(H,11,13). The first-order valence-electron chi connectivity index (χ1n) is 4.87. The summed E-state index contributed by atoms with van der Waals surface area (Å²) >= 11 is 0. The van der Waals surface area contributed by atoms with E-state index in [0.717, 1.165) is 25.9 Å². The van der Waals surface area contributed by atoms with Crippen LogP contribution in [0.4, 0.5) is 0 Å². The molecule has 0 bridgehead atoms. The number of nitrogens with two attached hydrogens (primary N) is 1. The number of unbranched alkanes of at least 4 members (excludes halogenated alkanes) is 1. The molecule has 0 spiro atoms. The Labute approximate surface area is 80.5 Å². The number of carbonyl (C=O) groups excluding carboxylic acids is 1. The van der Waals surface area contributed by atoms with Crippen LogP contribution in [0.15, 0.2) is 0 Å². The maximum atomic E-state index is 11.1. The molecule has 78 valence electrons. The monoisotopic (exact) mass is 187 g/mol. The van der Waals surface area contributed by atoms with Crippen molar-refractivity contribution in [2.45, 2.75) is 19.8 Å². The zero-order valence-corrected chi connectivity index (χ0v) is 8.68. The molecule has 0 radical (unpaired) electrons. The molecule has 4 nitrogen and oxygen atoms in total. The lowest BCUT2D eigenvalue weighted by molar-refractivity contribution is -0.121. The van der Waals surface area contributed by atoms with Crippen molar-refractivity contribution in [1.82, 2.24) is 10.2 Å². The van der Waals surface area contributed by atoms with Crippen LogP contribution in [0.5, 0.6) is 0 Å². The van der Waals surface area contributed by atoms with E-state index in [1.807, 2.05) is 0 Å². The van der Waals surface area contributed by atoms with Crippen molar-refractivity contribution in [1.29, 1.82) is 0 Å². The van der Waals surface area contributed by atoms with Crippen LogP contribution in [0.25, 0.3) is 0 Å². The highest BCUT2D eigenvalue weighted by atomic mass is 16.1. The van der Waals surface area contributed by atoms with Gasteiger partial charge in [-0.05, 0) is 13.0 Å². The van der Waals surface area contributed by atoms with E-state index < -0.39 is 0 Å². The lowest BCUT2D eigenvalue weighted by atomic mass is 10.3. The summed E-state index contributed by atoms with van der Waals surface area (Å²) in [4.78, 5) is 13.2. The van der Waals surface area contributed by atoms with Gasteiger partial charge in [-0.2, -0.15) is 0 Å². The molecule has 0 aromatic heterocycles. The molecule has 13 heavy (non-hydrogen) atoms. The number of carbonyl (C=O) groups is 1. The molecule has 4 heteroatoms. The lowest BCUT2D eigenvalue weighted by Gasteiger charge is -2.19. The molecular formula is C9H21N3O. The molecule has 0 heterocycles. The molecule has 0 saturated heterocycles. The summed E-state index contributed by atoms with van der Waals surface area (Å²) in [6.45, 7) is 4.98. The van der Waals surface area contributed by atoms with Crippen LogP contribution in [0, 0.1) is 0 Å². The molecule has 3 N–H and O–H groups in total. The summed E-state index contributed by atoms with van der Waals surface area (Å²) in [5.41, 5.74) is 5.44. The molecule has 0 atom stereocenters. The van der Waals surface area contributed by atoms with Crippen LogP contribution >= 0.6 is 0 Å². The molecule has 0 aromatic carbocycles. The highest BCUT2D eigenvalue weighted by Crippen LogP contribution is 1.93. The second-order valence-corrected chi connectivity index (χ2v) is 3.09. The van der Waals surface area contributed by atoms with Crippen LogP contribution in [0.1, 0.15) is 19.8 Å². The Bertz CT molecular complexity index is 139. The normalized spacial score (nSPS) is 10.5. The highest BCUT2D eigenvalue weighted by molar-refractivity contribution is 5.77. The fourth-order valence-electron chi connectivity index (χ4n) is 1.12. The Kier molecular flexibility index (Phi) is 7.63. The Morgan fingerprint density at radius 1 is 1.46 bits per heavy atom. The Balaban J connectivity index is 3.71. The van der Waals surface area contributed by atoms with E-state index in [-0.39, 0.29) is 5.91 Å². The van der Waals surface area contributed by atoms with Gasteiger partial charge in [0.15, 0.2) is 0 Å². The number of amides is 1. The number of hydrogen-bond donors (Lipinski definition) is 2. The van der Waals surface area contributed by atoms with Crippen molar-refractivity contribution in [2.24, 2.45) is 5.73 Å². The van der Waals surface area contributed by atoms with Gasteiger partial charge in [0.25, 0.3) is 0 Å². The zero-order chi connectivity index (χ0) is 10.1. The average molecular weight is 187 g/mol. The lowest BCUT2D eigenvalue weighted by Crippen LogP contribution is -2.38. The predicted octanol–water partition coefficient (Wildman–Crippen LogP) is -0.207. The van der Waals surface area contributed by atoms with Gasteiger partial charge in [-0.15, -0.1) is 0 Å². The van der Waals surface area contributed by atoms with Crippen LogP contribution in [-0.4, -0.2) is 44.0 Å². The van der Waals surface area contributed by atoms with Gasteiger partial charge in [0.05, 0.1) is 6.54 Å². The second kappa shape index (κ2) is 8.01. The Morgan fingerprint density at radius 2 is 2.15 bits per heavy atom. The minimum absolute atomic E-state index is 0.0598. The topological polar surface area (TPSA) is 58.4 Å². The first-order valence-corrected chi connectivity index (χ1v) is 4.87. The van der Waals surface area contributed by atoms with Gasteiger partial charge in [0.1, 0.15) is 0 Å². The molecule has 0 rings (SSSR count). The summed E-state index contributed by atoms with van der Waals surface area (Å²) in [6.07, 6.45) is 2.27. The van der Waals surface area contributed by atoms with E-state index in [1.54, 1.807) is 7.05 Å². The van der Waals surface area contributed by atoms with Gasteiger partial charge < -0.3 is 11.1 Å². The Hall–Kier alpha value is -0.610. The summed E-state index contributed by atoms with van der Waals surface area (Å²) < 4.78 is 0. The fraction of sp³-hybridized carbons (Fsp3) is 0.889. The van der Waals surface area contributed by atoms with Crippen molar-refractivity contribution >= 4 is 5.91 Å². The summed E-state index contributed by atoms with van der Waals surface area (Å²) in [5, 5.41) is 2.61. The van der Waals surface area contributed by atoms with Crippen molar-refractivity contribution in [3.05, 3.63) is 0 Å². The van der Waals surface area contributed by atoms with Crippen LogP contribution in [-0.2, 0) is 4.79 Å². The molecule has 0 unspecified atom stereocenters. The molecule has 0 aliphatic rings. The number of likely N-dealkylation sites (N-methyl/N-ethyl adjacent to an activating group) is 1. The van der Waals surface area contributed by atoms with Crippen LogP contribution < -0.4 is 11.1 Å².